The summed E-state index contributed by atoms with van der Waals surface area (Å²) < 4.78 is 20.9. The van der Waals surface area contributed by atoms with Crippen LogP contribution in [0.2, 0.25) is 0 Å². The molecule has 3 N–H and O–H groups in total. The number of rotatable bonds is 13. The fourth-order valence-corrected chi connectivity index (χ4v) is 4.60. The van der Waals surface area contributed by atoms with Crippen LogP contribution < -0.4 is 9.64 Å². The van der Waals surface area contributed by atoms with E-state index in [9.17, 15) is 24.2 Å². The van der Waals surface area contributed by atoms with Gasteiger partial charge < -0.3 is 29.5 Å². The Morgan fingerprint density at radius 2 is 1.79 bits per heavy atom. The number of hydrogen-bond donors (Lipinski definition) is 3. The van der Waals surface area contributed by atoms with E-state index in [4.69, 9.17) is 14.8 Å². The third kappa shape index (κ3) is 7.42. The predicted octanol–water partition coefficient (Wildman–Crippen LogP) is 4.46. The maximum Gasteiger partial charge on any atom is 0.305 e. The summed E-state index contributed by atoms with van der Waals surface area (Å²) in [5, 5.41) is 29.4. The number of methoxy groups -OCH3 is 1. The van der Waals surface area contributed by atoms with Gasteiger partial charge in [0, 0.05) is 30.4 Å². The molecule has 0 spiro atoms. The first kappa shape index (κ1) is 29.8. The minimum atomic E-state index is -1.18. The van der Waals surface area contributed by atoms with Crippen molar-refractivity contribution in [2.45, 2.75) is 64.7 Å². The smallest absolute Gasteiger partial charge is 0.305 e. The van der Waals surface area contributed by atoms with E-state index < -0.39 is 30.4 Å². The second-order valence-corrected chi connectivity index (χ2v) is 9.66. The molecule has 9 nitrogen and oxygen atoms in total. The number of carbonyl (C=O) groups excluding carboxylic acids is 1. The van der Waals surface area contributed by atoms with E-state index in [1.807, 2.05) is 31.4 Å². The highest BCUT2D eigenvalue weighted by Gasteiger charge is 2.29. The number of aliphatic hydroxyl groups excluding tert-OH is 2. The predicted molar refractivity (Wildman–Crippen MR) is 146 cm³/mol. The molecule has 0 saturated carbocycles. The zero-order valence-electron chi connectivity index (χ0n) is 22.7. The van der Waals surface area contributed by atoms with Gasteiger partial charge in [0.2, 0.25) is 0 Å². The van der Waals surface area contributed by atoms with Crippen LogP contribution in [0, 0.1) is 5.82 Å². The van der Waals surface area contributed by atoms with E-state index in [0.29, 0.717) is 35.1 Å². The van der Waals surface area contributed by atoms with Crippen LogP contribution in [0.3, 0.4) is 0 Å². The summed E-state index contributed by atoms with van der Waals surface area (Å²) in [7, 11) is 1.56. The van der Waals surface area contributed by atoms with Crippen molar-refractivity contribution in [3.05, 3.63) is 65.7 Å². The van der Waals surface area contributed by atoms with E-state index in [2.05, 4.69) is 0 Å². The number of carboxylic acids is 1. The molecule has 0 radical (unpaired) electrons. The maximum absolute atomic E-state index is 13.9. The number of benzene rings is 2. The number of hydrogen-bond acceptors (Lipinski definition) is 6. The molecule has 2 atom stereocenters. The Balaban J connectivity index is 2.04. The molecule has 39 heavy (non-hydrogen) atoms. The Morgan fingerprint density at radius 1 is 1.10 bits per heavy atom. The van der Waals surface area contributed by atoms with Crippen molar-refractivity contribution in [2.24, 2.45) is 0 Å². The van der Waals surface area contributed by atoms with Crippen molar-refractivity contribution in [1.82, 2.24) is 9.55 Å². The Bertz CT molecular complexity index is 1270. The Labute approximate surface area is 227 Å². The number of aliphatic carboxylic acids is 1. The van der Waals surface area contributed by atoms with Gasteiger partial charge in [-0.1, -0.05) is 19.9 Å². The molecule has 10 heteroatoms. The van der Waals surface area contributed by atoms with E-state index >= 15 is 0 Å². The van der Waals surface area contributed by atoms with Crippen LogP contribution in [0.1, 0.15) is 62.1 Å². The van der Waals surface area contributed by atoms with Gasteiger partial charge in [-0.25, -0.2) is 9.37 Å². The summed E-state index contributed by atoms with van der Waals surface area (Å²) in [6.45, 7) is 6.36. The lowest BCUT2D eigenvalue weighted by Gasteiger charge is -2.22. The van der Waals surface area contributed by atoms with Crippen LogP contribution in [-0.4, -0.2) is 62.6 Å². The van der Waals surface area contributed by atoms with Gasteiger partial charge in [0.15, 0.2) is 5.69 Å². The Kier molecular flexibility index (Phi) is 10.2. The summed E-state index contributed by atoms with van der Waals surface area (Å²) in [5.41, 5.74) is 2.15. The molecule has 3 aromatic rings. The number of nitrogens with zero attached hydrogens (tertiary/aromatic N) is 3. The third-order valence-electron chi connectivity index (χ3n) is 6.43. The van der Waals surface area contributed by atoms with E-state index in [-0.39, 0.29) is 36.9 Å². The number of carbonyl (C=O) groups is 2. The maximum atomic E-state index is 13.9. The molecule has 3 rings (SSSR count). The number of halogens is 1. The number of anilines is 1. The normalized spacial score (nSPS) is 12.8. The van der Waals surface area contributed by atoms with Crippen LogP contribution in [-0.2, 0) is 11.3 Å². The average molecular weight is 542 g/mol. The standard InChI is InChI=1S/C29H36FN3O6/c1-5-32(21-7-6-8-24(15-21)39-4)29(38)26-27(18(2)3)33(14-13-22(34)16-23(35)17-25(36)37)28(31-26)19-9-11-20(30)12-10-19/h6-12,15,18,22-23,34-35H,5,13-14,16-17H2,1-4H3,(H,36,37)/t22-,23-/m1/s1. The number of aromatic nitrogens is 2. The zero-order valence-corrected chi connectivity index (χ0v) is 22.7. The lowest BCUT2D eigenvalue weighted by molar-refractivity contribution is -0.139. The van der Waals surface area contributed by atoms with E-state index in [0.717, 1.165) is 0 Å². The molecule has 0 fully saturated rings. The van der Waals surface area contributed by atoms with Gasteiger partial charge in [-0.2, -0.15) is 0 Å². The lowest BCUT2D eigenvalue weighted by atomic mass is 10.0. The summed E-state index contributed by atoms with van der Waals surface area (Å²) in [6, 6.07) is 13.0. The number of amides is 1. The molecule has 0 saturated heterocycles. The molecular weight excluding hydrogens is 505 g/mol. The van der Waals surface area contributed by atoms with E-state index in [1.54, 1.807) is 42.3 Å². The minimum Gasteiger partial charge on any atom is -0.497 e. The highest BCUT2D eigenvalue weighted by molar-refractivity contribution is 6.06. The fourth-order valence-electron chi connectivity index (χ4n) is 4.60. The van der Waals surface area contributed by atoms with Gasteiger partial charge in [0.05, 0.1) is 31.4 Å². The van der Waals surface area contributed by atoms with Gasteiger partial charge >= 0.3 is 5.97 Å². The zero-order chi connectivity index (χ0) is 28.7. The van der Waals surface area contributed by atoms with Crippen LogP contribution in [0.4, 0.5) is 10.1 Å². The molecule has 0 unspecified atom stereocenters. The number of imidazole rings is 1. The minimum absolute atomic E-state index is 0.102. The van der Waals surface area contributed by atoms with E-state index in [1.165, 1.54) is 12.1 Å². The molecule has 2 aromatic carbocycles. The monoisotopic (exact) mass is 541 g/mol. The first-order chi connectivity index (χ1) is 18.5. The van der Waals surface area contributed by atoms with Crippen LogP contribution in [0.5, 0.6) is 5.75 Å². The van der Waals surface area contributed by atoms with Gasteiger partial charge in [-0.3, -0.25) is 9.59 Å². The number of carboxylic acid groups (broad SMARTS) is 1. The van der Waals surface area contributed by atoms with Gasteiger partial charge in [-0.15, -0.1) is 0 Å². The summed E-state index contributed by atoms with van der Waals surface area (Å²) in [5.74, 6) is -0.945. The Morgan fingerprint density at radius 3 is 2.38 bits per heavy atom. The third-order valence-corrected chi connectivity index (χ3v) is 6.43. The topological polar surface area (TPSA) is 125 Å². The Hall–Kier alpha value is -3.76. The second-order valence-electron chi connectivity index (χ2n) is 9.66. The molecular formula is C29H36FN3O6. The summed E-state index contributed by atoms with van der Waals surface area (Å²) >= 11 is 0. The molecule has 1 heterocycles. The molecule has 1 aromatic heterocycles. The first-order valence-corrected chi connectivity index (χ1v) is 13.0. The highest BCUT2D eigenvalue weighted by atomic mass is 19.1. The quantitative estimate of drug-likeness (QED) is 0.292. The van der Waals surface area contributed by atoms with Gasteiger partial charge in [-0.05, 0) is 62.1 Å². The van der Waals surface area contributed by atoms with Crippen molar-refractivity contribution < 1.29 is 34.0 Å². The fraction of sp³-hybridized carbons (Fsp3) is 0.414. The largest absolute Gasteiger partial charge is 0.497 e. The second kappa shape index (κ2) is 13.3. The molecule has 0 aliphatic carbocycles. The number of ether oxygens (including phenoxy) is 1. The molecule has 210 valence electrons. The van der Waals surface area contributed by atoms with Crippen LogP contribution in [0.15, 0.2) is 48.5 Å². The lowest BCUT2D eigenvalue weighted by Crippen LogP contribution is -2.32. The SMILES string of the molecule is CCN(C(=O)c1nc(-c2ccc(F)cc2)n(CC[C@@H](O)C[C@@H](O)CC(=O)O)c1C(C)C)c1cccc(OC)c1. The van der Waals surface area contributed by atoms with Crippen LogP contribution in [0.25, 0.3) is 11.4 Å². The summed E-state index contributed by atoms with van der Waals surface area (Å²) in [6.07, 6.45) is -2.54. The van der Waals surface area contributed by atoms with Crippen molar-refractivity contribution in [3.63, 3.8) is 0 Å². The van der Waals surface area contributed by atoms with Crippen molar-refractivity contribution in [2.75, 3.05) is 18.6 Å². The first-order valence-electron chi connectivity index (χ1n) is 13.0. The van der Waals surface area contributed by atoms with Crippen molar-refractivity contribution in [3.8, 4) is 17.1 Å². The number of aliphatic hydroxyl groups is 2. The van der Waals surface area contributed by atoms with Gasteiger partial charge in [0.1, 0.15) is 17.4 Å². The molecule has 0 aliphatic rings. The van der Waals surface area contributed by atoms with Crippen LogP contribution >= 0.6 is 0 Å². The molecule has 0 aliphatic heterocycles. The van der Waals surface area contributed by atoms with Gasteiger partial charge in [0.25, 0.3) is 5.91 Å². The average Bonchev–Trinajstić information content (AvgIpc) is 3.27. The highest BCUT2D eigenvalue weighted by Crippen LogP contribution is 2.31. The molecule has 1 amide bonds. The summed E-state index contributed by atoms with van der Waals surface area (Å²) in [4.78, 5) is 31.2. The molecule has 0 bridgehead atoms. The van der Waals surface area contributed by atoms with Crippen molar-refractivity contribution >= 4 is 17.6 Å². The van der Waals surface area contributed by atoms with Crippen molar-refractivity contribution in [1.29, 1.82) is 0 Å².